The number of carbonyl (C=O) groups excluding carboxylic acids is 1. The van der Waals surface area contributed by atoms with Crippen molar-refractivity contribution in [3.63, 3.8) is 0 Å². The highest BCUT2D eigenvalue weighted by Crippen LogP contribution is 2.16. The van der Waals surface area contributed by atoms with Crippen LogP contribution in [0.2, 0.25) is 0 Å². The summed E-state index contributed by atoms with van der Waals surface area (Å²) in [5.41, 5.74) is -0.549. The van der Waals surface area contributed by atoms with Crippen LogP contribution < -0.4 is 10.6 Å². The van der Waals surface area contributed by atoms with Crippen LogP contribution in [0.5, 0.6) is 0 Å². The van der Waals surface area contributed by atoms with Gasteiger partial charge in [-0.15, -0.1) is 0 Å². The molecule has 0 aliphatic carbocycles. The van der Waals surface area contributed by atoms with Gasteiger partial charge in [0.15, 0.2) is 0 Å². The highest BCUT2D eigenvalue weighted by molar-refractivity contribution is 5.95. The van der Waals surface area contributed by atoms with Gasteiger partial charge in [-0.25, -0.2) is 4.39 Å². The van der Waals surface area contributed by atoms with Crippen LogP contribution in [-0.2, 0) is 0 Å². The van der Waals surface area contributed by atoms with Crippen molar-refractivity contribution in [1.82, 2.24) is 10.6 Å². The van der Waals surface area contributed by atoms with E-state index in [-0.39, 0.29) is 17.3 Å². The number of carbonyl (C=O) groups is 1. The Morgan fingerprint density at radius 1 is 1.53 bits per heavy atom. The Bertz CT molecular complexity index is 474. The van der Waals surface area contributed by atoms with Gasteiger partial charge in [0.1, 0.15) is 5.82 Å². The summed E-state index contributed by atoms with van der Waals surface area (Å²) < 4.78 is 13.5. The van der Waals surface area contributed by atoms with Crippen molar-refractivity contribution in [3.05, 3.63) is 39.7 Å². The Balaban J connectivity index is 2.14. The third kappa shape index (κ3) is 2.39. The van der Waals surface area contributed by atoms with Gasteiger partial charge in [0.2, 0.25) is 0 Å². The van der Waals surface area contributed by atoms with E-state index in [1.165, 1.54) is 0 Å². The number of nitrogens with zero attached hydrogens (tertiary/aromatic N) is 1. The predicted molar refractivity (Wildman–Crippen MR) is 57.2 cm³/mol. The molecule has 0 spiro atoms. The van der Waals surface area contributed by atoms with E-state index in [0.29, 0.717) is 13.1 Å². The van der Waals surface area contributed by atoms with Crippen LogP contribution in [0, 0.1) is 15.9 Å². The molecule has 2 N–H and O–H groups in total. The maximum Gasteiger partial charge on any atom is 0.272 e. The molecule has 7 heteroatoms. The van der Waals surface area contributed by atoms with Crippen LogP contribution in [0.25, 0.3) is 0 Å². The minimum absolute atomic E-state index is 0.00269. The van der Waals surface area contributed by atoms with E-state index in [2.05, 4.69) is 10.6 Å². The van der Waals surface area contributed by atoms with Crippen LogP contribution in [0.1, 0.15) is 10.4 Å². The zero-order valence-electron chi connectivity index (χ0n) is 8.77. The molecule has 0 unspecified atom stereocenters. The molecule has 0 atom stereocenters. The Kier molecular flexibility index (Phi) is 3.01. The van der Waals surface area contributed by atoms with Gasteiger partial charge in [0, 0.05) is 19.2 Å². The normalized spacial score (nSPS) is 15.1. The molecule has 90 valence electrons. The first-order chi connectivity index (χ1) is 8.08. The number of halogens is 1. The van der Waals surface area contributed by atoms with Crippen LogP contribution in [-0.4, -0.2) is 30.0 Å². The maximum absolute atomic E-state index is 13.5. The van der Waals surface area contributed by atoms with Crippen LogP contribution in [0.15, 0.2) is 18.2 Å². The number of amides is 1. The molecule has 6 nitrogen and oxygen atoms in total. The lowest BCUT2D eigenvalue weighted by Crippen LogP contribution is -2.57. The average Bonchev–Trinajstić information content (AvgIpc) is 2.22. The topological polar surface area (TPSA) is 84.3 Å². The van der Waals surface area contributed by atoms with E-state index in [1.54, 1.807) is 0 Å². The van der Waals surface area contributed by atoms with Gasteiger partial charge in [-0.3, -0.25) is 14.9 Å². The minimum atomic E-state index is -0.885. The fourth-order valence-electron chi connectivity index (χ4n) is 1.46. The zero-order chi connectivity index (χ0) is 12.4. The molecule has 1 fully saturated rings. The first-order valence-corrected chi connectivity index (χ1v) is 5.03. The standard InChI is InChI=1S/C10H10FN3O3/c11-9-3-7(14(16)17)1-2-8(9)10(15)13-6-4-12-5-6/h1-3,6,12H,4-5H2,(H,13,15). The van der Waals surface area contributed by atoms with Gasteiger partial charge in [0.05, 0.1) is 22.6 Å². The second-order valence-corrected chi connectivity index (χ2v) is 3.75. The molecule has 0 saturated carbocycles. The summed E-state index contributed by atoms with van der Waals surface area (Å²) in [5.74, 6) is -1.44. The van der Waals surface area contributed by atoms with Crippen molar-refractivity contribution < 1.29 is 14.1 Å². The number of hydrogen-bond donors (Lipinski definition) is 2. The number of non-ortho nitro benzene ring substituents is 1. The lowest BCUT2D eigenvalue weighted by molar-refractivity contribution is -0.385. The first kappa shape index (κ1) is 11.5. The predicted octanol–water partition coefficient (Wildman–Crippen LogP) is 0.436. The highest BCUT2D eigenvalue weighted by atomic mass is 19.1. The van der Waals surface area contributed by atoms with Crippen molar-refractivity contribution in [1.29, 1.82) is 0 Å². The van der Waals surface area contributed by atoms with E-state index in [1.807, 2.05) is 0 Å². The third-order valence-electron chi connectivity index (χ3n) is 2.52. The average molecular weight is 239 g/mol. The molecule has 2 rings (SSSR count). The Labute approximate surface area is 96.0 Å². The summed E-state index contributed by atoms with van der Waals surface area (Å²) in [6.07, 6.45) is 0. The van der Waals surface area contributed by atoms with Crippen molar-refractivity contribution in [3.8, 4) is 0 Å². The van der Waals surface area contributed by atoms with E-state index in [4.69, 9.17) is 0 Å². The number of nitrogens with one attached hydrogen (secondary N) is 2. The van der Waals surface area contributed by atoms with Crippen LogP contribution in [0.4, 0.5) is 10.1 Å². The third-order valence-corrected chi connectivity index (χ3v) is 2.52. The summed E-state index contributed by atoms with van der Waals surface area (Å²) in [6.45, 7) is 1.31. The number of nitro groups is 1. The molecule has 1 aliphatic rings. The van der Waals surface area contributed by atoms with Crippen molar-refractivity contribution in [2.45, 2.75) is 6.04 Å². The van der Waals surface area contributed by atoms with E-state index in [0.717, 1.165) is 18.2 Å². The molecule has 1 heterocycles. The first-order valence-electron chi connectivity index (χ1n) is 5.03. The number of hydrogen-bond acceptors (Lipinski definition) is 4. The summed E-state index contributed by atoms with van der Waals surface area (Å²) in [6, 6.07) is 2.97. The summed E-state index contributed by atoms with van der Waals surface area (Å²) in [4.78, 5) is 21.3. The van der Waals surface area contributed by atoms with Crippen LogP contribution in [0.3, 0.4) is 0 Å². The van der Waals surface area contributed by atoms with E-state index < -0.39 is 16.6 Å². The molecular formula is C10H10FN3O3. The molecule has 1 aromatic carbocycles. The van der Waals surface area contributed by atoms with Gasteiger partial charge in [-0.2, -0.15) is 0 Å². The molecule has 1 amide bonds. The SMILES string of the molecule is O=C(NC1CNC1)c1ccc([N+](=O)[O-])cc1F. The van der Waals surface area contributed by atoms with E-state index in [9.17, 15) is 19.3 Å². The molecular weight excluding hydrogens is 229 g/mol. The lowest BCUT2D eigenvalue weighted by atomic mass is 10.1. The second kappa shape index (κ2) is 4.46. The van der Waals surface area contributed by atoms with Gasteiger partial charge in [0.25, 0.3) is 11.6 Å². The number of rotatable bonds is 3. The van der Waals surface area contributed by atoms with Crippen LogP contribution >= 0.6 is 0 Å². The maximum atomic E-state index is 13.5. The molecule has 17 heavy (non-hydrogen) atoms. The molecule has 0 bridgehead atoms. The molecule has 0 aromatic heterocycles. The highest BCUT2D eigenvalue weighted by Gasteiger charge is 2.22. The summed E-state index contributed by atoms with van der Waals surface area (Å²) in [5, 5.41) is 16.0. The fraction of sp³-hybridized carbons (Fsp3) is 0.300. The molecule has 1 saturated heterocycles. The fourth-order valence-corrected chi connectivity index (χ4v) is 1.46. The van der Waals surface area contributed by atoms with E-state index >= 15 is 0 Å². The lowest BCUT2D eigenvalue weighted by Gasteiger charge is -2.27. The Morgan fingerprint density at radius 3 is 2.71 bits per heavy atom. The Morgan fingerprint density at radius 2 is 2.24 bits per heavy atom. The van der Waals surface area contributed by atoms with Crippen molar-refractivity contribution in [2.24, 2.45) is 0 Å². The number of benzene rings is 1. The smallest absolute Gasteiger partial charge is 0.272 e. The summed E-state index contributed by atoms with van der Waals surface area (Å²) >= 11 is 0. The second-order valence-electron chi connectivity index (χ2n) is 3.75. The monoisotopic (exact) mass is 239 g/mol. The van der Waals surface area contributed by atoms with Gasteiger partial charge in [-0.05, 0) is 6.07 Å². The van der Waals surface area contributed by atoms with Gasteiger partial charge < -0.3 is 10.6 Å². The quantitative estimate of drug-likeness (QED) is 0.592. The molecule has 1 aromatic rings. The van der Waals surface area contributed by atoms with Crippen molar-refractivity contribution >= 4 is 11.6 Å². The largest absolute Gasteiger partial charge is 0.347 e. The Hall–Kier alpha value is -2.02. The molecule has 0 radical (unpaired) electrons. The van der Waals surface area contributed by atoms with Gasteiger partial charge in [-0.1, -0.05) is 0 Å². The molecule has 1 aliphatic heterocycles. The minimum Gasteiger partial charge on any atom is -0.347 e. The number of nitro benzene ring substituents is 1. The van der Waals surface area contributed by atoms with Crippen molar-refractivity contribution in [2.75, 3.05) is 13.1 Å². The van der Waals surface area contributed by atoms with Gasteiger partial charge >= 0.3 is 0 Å². The zero-order valence-corrected chi connectivity index (χ0v) is 8.77. The summed E-state index contributed by atoms with van der Waals surface area (Å²) in [7, 11) is 0.